The zero-order valence-corrected chi connectivity index (χ0v) is 10.5. The van der Waals surface area contributed by atoms with Gasteiger partial charge in [-0.3, -0.25) is 0 Å². The Balaban J connectivity index is 4.03. The van der Waals surface area contributed by atoms with Crippen molar-refractivity contribution >= 4 is 10.0 Å². The number of nitrogens with zero attached hydrogens (tertiary/aromatic N) is 2. The number of sulfonamides is 1. The van der Waals surface area contributed by atoms with E-state index in [9.17, 15) is 8.42 Å². The van der Waals surface area contributed by atoms with Gasteiger partial charge in [0, 0.05) is 19.1 Å². The Morgan fingerprint density at radius 3 is 2.33 bits per heavy atom. The highest BCUT2D eigenvalue weighted by molar-refractivity contribution is 7.90. The molecule has 0 aromatic carbocycles. The van der Waals surface area contributed by atoms with Crippen LogP contribution in [0.5, 0.6) is 0 Å². The summed E-state index contributed by atoms with van der Waals surface area (Å²) < 4.78 is 25.1. The number of hydrogen-bond acceptors (Lipinski definition) is 4. The summed E-state index contributed by atoms with van der Waals surface area (Å²) in [4.78, 5) is 2.03. The van der Waals surface area contributed by atoms with E-state index in [4.69, 9.17) is 5.26 Å². The van der Waals surface area contributed by atoms with Crippen LogP contribution in [0.4, 0.5) is 0 Å². The Morgan fingerprint density at radius 2 is 1.93 bits per heavy atom. The molecule has 0 aliphatic heterocycles. The van der Waals surface area contributed by atoms with Crippen LogP contribution in [0.1, 0.15) is 20.8 Å². The largest absolute Gasteiger partial charge is 0.303 e. The first-order valence-electron chi connectivity index (χ1n) is 4.89. The van der Waals surface area contributed by atoms with Crippen molar-refractivity contribution in [2.24, 2.45) is 0 Å². The first-order chi connectivity index (χ1) is 6.81. The molecule has 0 heterocycles. The average molecular weight is 233 g/mol. The van der Waals surface area contributed by atoms with Gasteiger partial charge in [0.1, 0.15) is 0 Å². The summed E-state index contributed by atoms with van der Waals surface area (Å²) in [5.41, 5.74) is 0. The zero-order valence-electron chi connectivity index (χ0n) is 9.69. The summed E-state index contributed by atoms with van der Waals surface area (Å²) in [7, 11) is -1.55. The van der Waals surface area contributed by atoms with Crippen molar-refractivity contribution in [3.63, 3.8) is 0 Å². The molecular weight excluding hydrogens is 214 g/mol. The van der Waals surface area contributed by atoms with Crippen molar-refractivity contribution in [3.05, 3.63) is 0 Å². The van der Waals surface area contributed by atoms with E-state index in [1.54, 1.807) is 6.07 Å². The molecule has 1 N–H and O–H groups in total. The molecule has 0 spiro atoms. The van der Waals surface area contributed by atoms with Gasteiger partial charge in [-0.15, -0.1) is 0 Å². The molecular formula is C9H19N3O2S. The van der Waals surface area contributed by atoms with Crippen LogP contribution in [0.2, 0.25) is 0 Å². The van der Waals surface area contributed by atoms with Crippen LogP contribution in [0, 0.1) is 11.3 Å². The van der Waals surface area contributed by atoms with Gasteiger partial charge < -0.3 is 4.90 Å². The summed E-state index contributed by atoms with van der Waals surface area (Å²) in [5, 5.41) is 7.49. The minimum Gasteiger partial charge on any atom is -0.303 e. The molecule has 0 radical (unpaired) electrons. The molecule has 0 amide bonds. The molecule has 15 heavy (non-hydrogen) atoms. The van der Waals surface area contributed by atoms with Crippen LogP contribution in [0.25, 0.3) is 0 Å². The maximum atomic E-state index is 11.4. The predicted octanol–water partition coefficient (Wildman–Crippen LogP) is 0.158. The van der Waals surface area contributed by atoms with E-state index in [0.29, 0.717) is 19.1 Å². The normalized spacial score (nSPS) is 14.2. The molecule has 0 aliphatic carbocycles. The highest BCUT2D eigenvalue weighted by atomic mass is 32.2. The van der Waals surface area contributed by atoms with Crippen molar-refractivity contribution in [1.29, 1.82) is 5.26 Å². The van der Waals surface area contributed by atoms with Crippen LogP contribution in [0.3, 0.4) is 0 Å². The lowest BCUT2D eigenvalue weighted by molar-refractivity contribution is 0.278. The van der Waals surface area contributed by atoms with Crippen molar-refractivity contribution in [3.8, 4) is 6.07 Å². The van der Waals surface area contributed by atoms with Gasteiger partial charge in [-0.25, -0.2) is 13.1 Å². The molecule has 1 unspecified atom stereocenters. The van der Waals surface area contributed by atoms with E-state index in [2.05, 4.69) is 4.72 Å². The van der Waals surface area contributed by atoms with Crippen LogP contribution < -0.4 is 4.72 Å². The van der Waals surface area contributed by atoms with Crippen molar-refractivity contribution < 1.29 is 8.42 Å². The number of nitriles is 1. The summed E-state index contributed by atoms with van der Waals surface area (Å²) in [5.74, 6) is 0. The second-order valence-corrected chi connectivity index (χ2v) is 5.87. The summed E-state index contributed by atoms with van der Waals surface area (Å²) in [6.45, 7) is 6.41. The van der Waals surface area contributed by atoms with E-state index in [0.717, 1.165) is 0 Å². The second-order valence-electron chi connectivity index (χ2n) is 3.79. The van der Waals surface area contributed by atoms with E-state index in [1.165, 1.54) is 6.92 Å². The SMILES string of the molecule is CC(C)N(C)CCNS(=O)(=O)C(C)C#N. The predicted molar refractivity (Wildman–Crippen MR) is 59.8 cm³/mol. The van der Waals surface area contributed by atoms with E-state index in [-0.39, 0.29) is 0 Å². The van der Waals surface area contributed by atoms with Crippen LogP contribution in [-0.2, 0) is 10.0 Å². The lowest BCUT2D eigenvalue weighted by Gasteiger charge is -2.21. The van der Waals surface area contributed by atoms with Gasteiger partial charge in [-0.2, -0.15) is 5.26 Å². The second kappa shape index (κ2) is 6.05. The topological polar surface area (TPSA) is 73.2 Å². The third kappa shape index (κ3) is 5.11. The molecule has 0 fully saturated rings. The highest BCUT2D eigenvalue weighted by Gasteiger charge is 2.19. The van der Waals surface area contributed by atoms with Gasteiger partial charge >= 0.3 is 0 Å². The smallest absolute Gasteiger partial charge is 0.227 e. The highest BCUT2D eigenvalue weighted by Crippen LogP contribution is 1.96. The minimum atomic E-state index is -3.47. The fourth-order valence-electron chi connectivity index (χ4n) is 0.817. The maximum absolute atomic E-state index is 11.4. The summed E-state index contributed by atoms with van der Waals surface area (Å²) in [6.07, 6.45) is 0. The Labute approximate surface area is 92.1 Å². The monoisotopic (exact) mass is 233 g/mol. The summed E-state index contributed by atoms with van der Waals surface area (Å²) in [6, 6.07) is 2.08. The number of nitrogens with one attached hydrogen (secondary N) is 1. The van der Waals surface area contributed by atoms with Crippen molar-refractivity contribution in [2.45, 2.75) is 32.1 Å². The maximum Gasteiger partial charge on any atom is 0.227 e. The van der Waals surface area contributed by atoms with E-state index < -0.39 is 15.3 Å². The van der Waals surface area contributed by atoms with Gasteiger partial charge in [0.15, 0.2) is 5.25 Å². The fraction of sp³-hybridized carbons (Fsp3) is 0.889. The first-order valence-corrected chi connectivity index (χ1v) is 6.44. The Hall–Kier alpha value is -0.640. The standard InChI is InChI=1S/C9H19N3O2S/c1-8(2)12(4)6-5-11-15(13,14)9(3)7-10/h8-9,11H,5-6H2,1-4H3. The van der Waals surface area contributed by atoms with E-state index in [1.807, 2.05) is 25.8 Å². The number of hydrogen-bond donors (Lipinski definition) is 1. The Morgan fingerprint density at radius 1 is 1.40 bits per heavy atom. The van der Waals surface area contributed by atoms with Crippen LogP contribution in [-0.4, -0.2) is 44.7 Å². The molecule has 0 aliphatic rings. The molecule has 0 saturated carbocycles. The molecule has 5 nitrogen and oxygen atoms in total. The third-order valence-electron chi connectivity index (χ3n) is 2.30. The summed E-state index contributed by atoms with van der Waals surface area (Å²) >= 11 is 0. The molecule has 0 aromatic heterocycles. The van der Waals surface area contributed by atoms with Gasteiger partial charge in [0.2, 0.25) is 10.0 Å². The van der Waals surface area contributed by atoms with Crippen LogP contribution in [0.15, 0.2) is 0 Å². The number of rotatable bonds is 6. The quantitative estimate of drug-likeness (QED) is 0.709. The molecule has 6 heteroatoms. The molecule has 1 atom stereocenters. The zero-order chi connectivity index (χ0) is 12.1. The molecule has 0 bridgehead atoms. The lowest BCUT2D eigenvalue weighted by atomic mass is 10.3. The lowest BCUT2D eigenvalue weighted by Crippen LogP contribution is -2.38. The van der Waals surface area contributed by atoms with Gasteiger partial charge in [-0.1, -0.05) is 0 Å². The average Bonchev–Trinajstić information content (AvgIpc) is 2.15. The fourth-order valence-corrected chi connectivity index (χ4v) is 1.58. The molecule has 0 saturated heterocycles. The molecule has 0 aromatic rings. The van der Waals surface area contributed by atoms with Gasteiger partial charge in [0.25, 0.3) is 0 Å². The van der Waals surface area contributed by atoms with Crippen molar-refractivity contribution in [1.82, 2.24) is 9.62 Å². The van der Waals surface area contributed by atoms with Gasteiger partial charge in [-0.05, 0) is 27.8 Å². The van der Waals surface area contributed by atoms with Crippen LogP contribution >= 0.6 is 0 Å². The minimum absolute atomic E-state index is 0.336. The number of likely N-dealkylation sites (N-methyl/N-ethyl adjacent to an activating group) is 1. The molecule has 0 rings (SSSR count). The molecule has 88 valence electrons. The van der Waals surface area contributed by atoms with E-state index >= 15 is 0 Å². The van der Waals surface area contributed by atoms with Crippen molar-refractivity contribution in [2.75, 3.05) is 20.1 Å². The third-order valence-corrected chi connectivity index (χ3v) is 3.94. The van der Waals surface area contributed by atoms with Gasteiger partial charge in [0.05, 0.1) is 6.07 Å². The Kier molecular flexibility index (Phi) is 5.80. The first kappa shape index (κ1) is 14.4. The Bertz CT molecular complexity index is 319.